The lowest BCUT2D eigenvalue weighted by Gasteiger charge is -2.20. The lowest BCUT2D eigenvalue weighted by Crippen LogP contribution is -2.39. The number of hydrogen-bond acceptors (Lipinski definition) is 5. The van der Waals surface area contributed by atoms with Gasteiger partial charge in [-0.1, -0.05) is 11.6 Å². The summed E-state index contributed by atoms with van der Waals surface area (Å²) in [6.07, 6.45) is 0.327. The monoisotopic (exact) mass is 554 g/mol. The second-order valence-corrected chi connectivity index (χ2v) is 7.91. The minimum Gasteiger partial charge on any atom is -0.486 e. The summed E-state index contributed by atoms with van der Waals surface area (Å²) in [7, 11) is 0. The van der Waals surface area contributed by atoms with Crippen LogP contribution < -0.4 is 25.4 Å². The number of fused-ring (bicyclic) bond motifs is 1. The summed E-state index contributed by atoms with van der Waals surface area (Å²) >= 11 is 6.28. The third-order valence-corrected chi connectivity index (χ3v) is 4.02. The molecule has 3 N–H and O–H groups in total. The fourth-order valence-electron chi connectivity index (χ4n) is 2.57. The van der Waals surface area contributed by atoms with Gasteiger partial charge >= 0.3 is 6.09 Å². The van der Waals surface area contributed by atoms with Crippen molar-refractivity contribution in [2.45, 2.75) is 46.3 Å². The van der Waals surface area contributed by atoms with Crippen LogP contribution in [0.25, 0.3) is 0 Å². The summed E-state index contributed by atoms with van der Waals surface area (Å²) in [5, 5.41) is 9.71. The Hall–Kier alpha value is -1.62. The molecule has 30 heavy (non-hydrogen) atoms. The lowest BCUT2D eigenvalue weighted by atomic mass is 10.2. The van der Waals surface area contributed by atoms with Gasteiger partial charge in [-0.05, 0) is 51.8 Å². The van der Waals surface area contributed by atoms with E-state index in [9.17, 15) is 4.79 Å². The van der Waals surface area contributed by atoms with Crippen molar-refractivity contribution in [3.8, 4) is 11.5 Å². The van der Waals surface area contributed by atoms with Crippen LogP contribution in [0.4, 0.5) is 4.79 Å². The van der Waals surface area contributed by atoms with Gasteiger partial charge in [0, 0.05) is 19.6 Å². The van der Waals surface area contributed by atoms with Gasteiger partial charge in [-0.25, -0.2) is 9.79 Å². The molecule has 1 heterocycles. The molecule has 0 aliphatic carbocycles. The van der Waals surface area contributed by atoms with E-state index in [1.165, 1.54) is 0 Å². The zero-order valence-corrected chi connectivity index (χ0v) is 21.1. The van der Waals surface area contributed by atoms with Gasteiger partial charge in [-0.3, -0.25) is 0 Å². The molecule has 10 heteroatoms. The fourth-order valence-corrected chi connectivity index (χ4v) is 2.86. The Balaban J connectivity index is 0.00000450. The molecule has 0 atom stereocenters. The minimum atomic E-state index is -0.496. The number of ether oxygens (including phenoxy) is 3. The number of aliphatic imine (C=N–C) groups is 1. The number of benzene rings is 1. The first kappa shape index (κ1) is 26.4. The van der Waals surface area contributed by atoms with E-state index in [-0.39, 0.29) is 24.0 Å². The summed E-state index contributed by atoms with van der Waals surface area (Å²) in [5.41, 5.74) is 0.437. The van der Waals surface area contributed by atoms with E-state index in [1.54, 1.807) is 0 Å². The van der Waals surface area contributed by atoms with Gasteiger partial charge in [0.1, 0.15) is 18.8 Å². The lowest BCUT2D eigenvalue weighted by molar-refractivity contribution is 0.0527. The summed E-state index contributed by atoms with van der Waals surface area (Å²) in [6, 6.07) is 3.74. The van der Waals surface area contributed by atoms with Crippen molar-refractivity contribution < 1.29 is 19.0 Å². The number of halogens is 2. The second-order valence-electron chi connectivity index (χ2n) is 7.51. The zero-order valence-electron chi connectivity index (χ0n) is 18.0. The average Bonchev–Trinajstić information content (AvgIpc) is 2.64. The Morgan fingerprint density at radius 3 is 2.57 bits per heavy atom. The predicted molar refractivity (Wildman–Crippen MR) is 130 cm³/mol. The van der Waals surface area contributed by atoms with Crippen LogP contribution in [0.2, 0.25) is 5.02 Å². The maximum absolute atomic E-state index is 11.6. The maximum Gasteiger partial charge on any atom is 0.407 e. The highest BCUT2D eigenvalue weighted by Gasteiger charge is 2.17. The third kappa shape index (κ3) is 9.46. The molecular weight excluding hydrogens is 523 g/mol. The molecule has 1 aromatic rings. The Kier molecular flexibility index (Phi) is 11.4. The molecule has 1 aliphatic rings. The van der Waals surface area contributed by atoms with Crippen LogP contribution >= 0.6 is 35.6 Å². The van der Waals surface area contributed by atoms with Crippen LogP contribution in [0.15, 0.2) is 17.1 Å². The van der Waals surface area contributed by atoms with Crippen LogP contribution in [0, 0.1) is 0 Å². The minimum absolute atomic E-state index is 0. The van der Waals surface area contributed by atoms with Crippen molar-refractivity contribution in [1.82, 2.24) is 16.0 Å². The van der Waals surface area contributed by atoms with Crippen molar-refractivity contribution in [2.75, 3.05) is 32.8 Å². The highest BCUT2D eigenvalue weighted by Crippen LogP contribution is 2.38. The van der Waals surface area contributed by atoms with Gasteiger partial charge in [-0.15, -0.1) is 24.0 Å². The van der Waals surface area contributed by atoms with Crippen LogP contribution in [-0.4, -0.2) is 50.5 Å². The number of guanidine groups is 1. The van der Waals surface area contributed by atoms with E-state index in [2.05, 4.69) is 20.9 Å². The topological polar surface area (TPSA) is 93.2 Å². The van der Waals surface area contributed by atoms with E-state index in [0.717, 1.165) is 18.5 Å². The van der Waals surface area contributed by atoms with Crippen molar-refractivity contribution in [1.29, 1.82) is 0 Å². The zero-order chi connectivity index (χ0) is 21.3. The number of alkyl carbamates (subject to hydrolysis) is 1. The molecule has 8 nitrogen and oxygen atoms in total. The van der Waals surface area contributed by atoms with Gasteiger partial charge in [0.2, 0.25) is 0 Å². The van der Waals surface area contributed by atoms with Gasteiger partial charge in [0.05, 0.1) is 11.6 Å². The first-order valence-corrected chi connectivity index (χ1v) is 10.2. The Bertz CT molecular complexity index is 725. The fraction of sp³-hybridized carbons (Fsp3) is 0.600. The molecule has 0 fully saturated rings. The van der Waals surface area contributed by atoms with Crippen LogP contribution in [0.3, 0.4) is 0 Å². The molecule has 1 amide bonds. The molecule has 2 rings (SSSR count). The van der Waals surface area contributed by atoms with E-state index >= 15 is 0 Å². The third-order valence-electron chi connectivity index (χ3n) is 3.73. The van der Waals surface area contributed by atoms with Gasteiger partial charge < -0.3 is 30.2 Å². The van der Waals surface area contributed by atoms with Crippen molar-refractivity contribution in [3.05, 3.63) is 22.7 Å². The van der Waals surface area contributed by atoms with Gasteiger partial charge in [0.25, 0.3) is 0 Å². The smallest absolute Gasteiger partial charge is 0.407 e. The Morgan fingerprint density at radius 2 is 1.87 bits per heavy atom. The summed E-state index contributed by atoms with van der Waals surface area (Å²) in [5.74, 6) is 1.93. The molecule has 1 aliphatic heterocycles. The largest absolute Gasteiger partial charge is 0.486 e. The van der Waals surface area contributed by atoms with Gasteiger partial charge in [-0.2, -0.15) is 0 Å². The summed E-state index contributed by atoms with van der Waals surface area (Å²) in [6.45, 7) is 10.9. The highest BCUT2D eigenvalue weighted by molar-refractivity contribution is 14.0. The first-order valence-electron chi connectivity index (χ1n) is 9.85. The van der Waals surface area contributed by atoms with Crippen molar-refractivity contribution in [2.24, 2.45) is 4.99 Å². The van der Waals surface area contributed by atoms with E-state index in [0.29, 0.717) is 55.3 Å². The van der Waals surface area contributed by atoms with Gasteiger partial charge in [0.15, 0.2) is 17.5 Å². The molecule has 0 unspecified atom stereocenters. The SMILES string of the molecule is CCNC(=NCc1cc(Cl)c2c(c1)OCCO2)NCCCNC(=O)OC(C)(C)C.I. The summed E-state index contributed by atoms with van der Waals surface area (Å²) < 4.78 is 16.3. The van der Waals surface area contributed by atoms with Crippen LogP contribution in [0.1, 0.15) is 39.7 Å². The molecule has 0 saturated heterocycles. The molecule has 0 saturated carbocycles. The molecule has 0 aromatic heterocycles. The molecule has 170 valence electrons. The number of nitrogens with one attached hydrogen (secondary N) is 3. The Morgan fingerprint density at radius 1 is 1.17 bits per heavy atom. The molecule has 0 spiro atoms. The quantitative estimate of drug-likeness (QED) is 0.206. The normalized spacial score (nSPS) is 13.2. The van der Waals surface area contributed by atoms with E-state index in [1.807, 2.05) is 39.8 Å². The van der Waals surface area contributed by atoms with E-state index < -0.39 is 11.7 Å². The molecule has 0 radical (unpaired) electrons. The number of hydrogen-bond donors (Lipinski definition) is 3. The van der Waals surface area contributed by atoms with Crippen LogP contribution in [-0.2, 0) is 11.3 Å². The number of carbonyl (C=O) groups excluding carboxylic acids is 1. The van der Waals surface area contributed by atoms with Crippen molar-refractivity contribution >= 4 is 47.6 Å². The number of carbonyl (C=O) groups is 1. The maximum atomic E-state index is 11.6. The summed E-state index contributed by atoms with van der Waals surface area (Å²) in [4.78, 5) is 16.2. The first-order chi connectivity index (χ1) is 13.8. The van der Waals surface area contributed by atoms with Crippen LogP contribution in [0.5, 0.6) is 11.5 Å². The molecular formula is C20H32ClIN4O4. The number of nitrogens with zero attached hydrogens (tertiary/aromatic N) is 1. The Labute approximate surface area is 200 Å². The predicted octanol–water partition coefficient (Wildman–Crippen LogP) is 3.70. The molecule has 1 aromatic carbocycles. The van der Waals surface area contributed by atoms with Crippen molar-refractivity contribution in [3.63, 3.8) is 0 Å². The number of rotatable bonds is 7. The molecule has 0 bridgehead atoms. The second kappa shape index (κ2) is 12.9. The average molecular weight is 555 g/mol. The standard InChI is InChI=1S/C20H31ClN4O4.HI/c1-5-22-18(23-7-6-8-24-19(26)29-20(2,3)4)25-13-14-11-15(21)17-16(12-14)27-9-10-28-17;/h11-12H,5-10,13H2,1-4H3,(H,24,26)(H2,22,23,25);1H. The highest BCUT2D eigenvalue weighted by atomic mass is 127. The van der Waals surface area contributed by atoms with E-state index in [4.69, 9.17) is 25.8 Å². The number of amides is 1.